The molecule has 154 valence electrons. The number of Topliss-reactive ketones (excluding diaryl/α,β-unsaturated/α-hetero) is 1. The molecular weight excluding hydrogens is 368 g/mol. The van der Waals surface area contributed by atoms with Crippen molar-refractivity contribution in [3.63, 3.8) is 0 Å². The zero-order chi connectivity index (χ0) is 20.7. The maximum absolute atomic E-state index is 13.3. The summed E-state index contributed by atoms with van der Waals surface area (Å²) in [6, 6.07) is 17.2. The lowest BCUT2D eigenvalue weighted by Gasteiger charge is -2.31. The molecule has 0 radical (unpaired) electrons. The highest BCUT2D eigenvalue weighted by Gasteiger charge is 2.37. The van der Waals surface area contributed by atoms with Crippen LogP contribution in [0, 0.1) is 5.92 Å². The average Bonchev–Trinajstić information content (AvgIpc) is 3.34. The minimum Gasteiger partial charge on any atom is -0.358 e. The zero-order valence-electron chi connectivity index (χ0n) is 17.9. The van der Waals surface area contributed by atoms with Crippen LogP contribution in [-0.2, 0) is 17.6 Å². The number of para-hydroxylation sites is 2. The summed E-state index contributed by atoms with van der Waals surface area (Å²) in [6.45, 7) is 4.42. The van der Waals surface area contributed by atoms with Gasteiger partial charge in [-0.2, -0.15) is 0 Å². The van der Waals surface area contributed by atoms with Crippen LogP contribution >= 0.6 is 0 Å². The Bertz CT molecular complexity index is 1130. The second-order valence-corrected chi connectivity index (χ2v) is 8.63. The van der Waals surface area contributed by atoms with Crippen molar-refractivity contribution < 1.29 is 4.79 Å². The molecule has 0 amide bonds. The van der Waals surface area contributed by atoms with E-state index in [2.05, 4.69) is 72.3 Å². The number of fused-ring (bicyclic) bond motifs is 2. The Morgan fingerprint density at radius 1 is 0.833 bits per heavy atom. The van der Waals surface area contributed by atoms with E-state index in [9.17, 15) is 4.79 Å². The molecule has 2 N–H and O–H groups in total. The molecule has 0 spiro atoms. The number of benzene rings is 2. The highest BCUT2D eigenvalue weighted by molar-refractivity contribution is 5.93. The van der Waals surface area contributed by atoms with E-state index in [1.807, 2.05) is 0 Å². The van der Waals surface area contributed by atoms with Gasteiger partial charge in [-0.1, -0.05) is 56.7 Å². The fraction of sp³-hybridized carbons (Fsp3) is 0.370. The standard InChI is InChI=1S/C27H30N2O/c1-3-20-25(17-11-5-8-14-22(17)28-20)27(19-13-7-10-16-24(19)30)26-18-12-6-9-15-23(18)29-21(26)4-2/h5-6,8-9,11-12,14-15,19,27-29H,3-4,7,10,13,16H2,1-2H3/t19-/m0/s1. The minimum absolute atomic E-state index is 0.0489. The van der Waals surface area contributed by atoms with Crippen molar-refractivity contribution in [2.45, 2.75) is 58.3 Å². The summed E-state index contributed by atoms with van der Waals surface area (Å²) in [5.41, 5.74) is 7.57. The molecule has 2 heterocycles. The fourth-order valence-corrected chi connectivity index (χ4v) is 5.62. The molecule has 0 aliphatic heterocycles. The Hall–Kier alpha value is -2.81. The first-order valence-corrected chi connectivity index (χ1v) is 11.4. The maximum atomic E-state index is 13.3. The monoisotopic (exact) mass is 398 g/mol. The van der Waals surface area contributed by atoms with Crippen LogP contribution < -0.4 is 0 Å². The molecule has 5 rings (SSSR count). The number of aromatic amines is 2. The molecule has 3 heteroatoms. The molecule has 1 aliphatic carbocycles. The second-order valence-electron chi connectivity index (χ2n) is 8.63. The highest BCUT2D eigenvalue weighted by atomic mass is 16.1. The predicted molar refractivity (Wildman–Crippen MR) is 124 cm³/mol. The molecule has 0 bridgehead atoms. The summed E-state index contributed by atoms with van der Waals surface area (Å²) < 4.78 is 0. The predicted octanol–water partition coefficient (Wildman–Crippen LogP) is 6.67. The molecule has 0 saturated heterocycles. The summed E-state index contributed by atoms with van der Waals surface area (Å²) in [5, 5.41) is 2.54. The third-order valence-electron chi connectivity index (χ3n) is 6.99. The van der Waals surface area contributed by atoms with Crippen LogP contribution in [0.2, 0.25) is 0 Å². The maximum Gasteiger partial charge on any atom is 0.136 e. The minimum atomic E-state index is 0.0489. The molecule has 2 aromatic heterocycles. The van der Waals surface area contributed by atoms with Crippen molar-refractivity contribution in [1.82, 2.24) is 9.97 Å². The summed E-state index contributed by atoms with van der Waals surface area (Å²) in [7, 11) is 0. The molecule has 4 aromatic rings. The van der Waals surface area contributed by atoms with E-state index >= 15 is 0 Å². The van der Waals surface area contributed by atoms with Gasteiger partial charge >= 0.3 is 0 Å². The van der Waals surface area contributed by atoms with E-state index in [0.29, 0.717) is 5.78 Å². The Morgan fingerprint density at radius 3 is 1.87 bits per heavy atom. The van der Waals surface area contributed by atoms with Gasteiger partial charge in [-0.15, -0.1) is 0 Å². The smallest absolute Gasteiger partial charge is 0.136 e. The van der Waals surface area contributed by atoms with Crippen molar-refractivity contribution in [3.8, 4) is 0 Å². The van der Waals surface area contributed by atoms with Crippen LogP contribution in [0.25, 0.3) is 21.8 Å². The quantitative estimate of drug-likeness (QED) is 0.388. The Labute approximate surface area is 177 Å². The molecule has 30 heavy (non-hydrogen) atoms. The lowest BCUT2D eigenvalue weighted by Crippen LogP contribution is -2.27. The summed E-state index contributed by atoms with van der Waals surface area (Å²) in [5.74, 6) is 0.577. The van der Waals surface area contributed by atoms with Gasteiger partial charge in [-0.05, 0) is 48.9 Å². The topological polar surface area (TPSA) is 48.6 Å². The van der Waals surface area contributed by atoms with Gasteiger partial charge in [-0.3, -0.25) is 4.79 Å². The second kappa shape index (κ2) is 7.79. The summed E-state index contributed by atoms with van der Waals surface area (Å²) >= 11 is 0. The first kappa shape index (κ1) is 19.2. The number of hydrogen-bond acceptors (Lipinski definition) is 1. The summed E-state index contributed by atoms with van der Waals surface area (Å²) in [6.07, 6.45) is 5.74. The Balaban J connectivity index is 1.84. The van der Waals surface area contributed by atoms with Crippen molar-refractivity contribution in [2.75, 3.05) is 0 Å². The van der Waals surface area contributed by atoms with Crippen molar-refractivity contribution in [2.24, 2.45) is 5.92 Å². The number of rotatable bonds is 5. The van der Waals surface area contributed by atoms with Gasteiger partial charge < -0.3 is 9.97 Å². The van der Waals surface area contributed by atoms with Gasteiger partial charge in [-0.25, -0.2) is 0 Å². The largest absolute Gasteiger partial charge is 0.358 e. The molecule has 1 saturated carbocycles. The van der Waals surface area contributed by atoms with Gasteiger partial charge in [0.15, 0.2) is 0 Å². The highest BCUT2D eigenvalue weighted by Crippen LogP contribution is 2.46. The van der Waals surface area contributed by atoms with Crippen LogP contribution in [0.1, 0.15) is 68.0 Å². The van der Waals surface area contributed by atoms with Crippen LogP contribution in [0.4, 0.5) is 0 Å². The lowest BCUT2D eigenvalue weighted by atomic mass is 9.71. The normalized spacial score (nSPS) is 17.4. The Kier molecular flexibility index (Phi) is 4.98. The van der Waals surface area contributed by atoms with Gasteiger partial charge in [0.1, 0.15) is 5.78 Å². The number of hydrogen-bond donors (Lipinski definition) is 2. The first-order valence-electron chi connectivity index (χ1n) is 11.4. The third kappa shape index (κ3) is 2.99. The number of carbonyl (C=O) groups is 1. The van der Waals surface area contributed by atoms with Crippen LogP contribution in [0.5, 0.6) is 0 Å². The van der Waals surface area contributed by atoms with Gasteiger partial charge in [0, 0.05) is 51.5 Å². The number of nitrogens with one attached hydrogen (secondary N) is 2. The van der Waals surface area contributed by atoms with Crippen LogP contribution in [0.15, 0.2) is 48.5 Å². The number of carbonyl (C=O) groups excluding carboxylic acids is 1. The van der Waals surface area contributed by atoms with Crippen molar-refractivity contribution in [1.29, 1.82) is 0 Å². The number of H-pyrrole nitrogens is 2. The molecule has 1 aliphatic rings. The summed E-state index contributed by atoms with van der Waals surface area (Å²) in [4.78, 5) is 20.6. The number of ketones is 1. The van der Waals surface area contributed by atoms with E-state index < -0.39 is 0 Å². The van der Waals surface area contributed by atoms with E-state index in [0.717, 1.165) is 38.5 Å². The molecule has 3 nitrogen and oxygen atoms in total. The molecule has 1 atom stereocenters. The third-order valence-corrected chi connectivity index (χ3v) is 6.99. The number of aryl methyl sites for hydroxylation is 2. The van der Waals surface area contributed by atoms with Gasteiger partial charge in [0.2, 0.25) is 0 Å². The van der Waals surface area contributed by atoms with E-state index in [1.54, 1.807) is 0 Å². The zero-order valence-corrected chi connectivity index (χ0v) is 17.9. The molecule has 2 aromatic carbocycles. The van der Waals surface area contributed by atoms with Crippen molar-refractivity contribution in [3.05, 3.63) is 71.0 Å². The van der Waals surface area contributed by atoms with Gasteiger partial charge in [0.05, 0.1) is 0 Å². The van der Waals surface area contributed by atoms with Gasteiger partial charge in [0.25, 0.3) is 0 Å². The molecule has 0 unspecified atom stereocenters. The lowest BCUT2D eigenvalue weighted by molar-refractivity contribution is -0.125. The molecule has 1 fully saturated rings. The first-order chi connectivity index (χ1) is 14.7. The van der Waals surface area contributed by atoms with Crippen molar-refractivity contribution >= 4 is 27.6 Å². The van der Waals surface area contributed by atoms with Crippen LogP contribution in [0.3, 0.4) is 0 Å². The van der Waals surface area contributed by atoms with E-state index in [-0.39, 0.29) is 11.8 Å². The van der Waals surface area contributed by atoms with E-state index in [4.69, 9.17) is 0 Å². The molecular formula is C27H30N2O. The SMILES string of the molecule is CCc1[nH]c2ccccc2c1C(c1c(CC)[nH]c2ccccc12)[C@H]1CCCCC1=O. The van der Waals surface area contributed by atoms with E-state index in [1.165, 1.54) is 44.3 Å². The Morgan fingerprint density at radius 2 is 1.37 bits per heavy atom. The average molecular weight is 399 g/mol. The number of aromatic nitrogens is 2. The fourth-order valence-electron chi connectivity index (χ4n) is 5.62. The van der Waals surface area contributed by atoms with Crippen LogP contribution in [-0.4, -0.2) is 15.8 Å².